The number of ether oxygens (including phenoxy) is 2. The number of nitrogens with one attached hydrogen (secondary N) is 2. The van der Waals surface area contributed by atoms with Crippen molar-refractivity contribution in [3.63, 3.8) is 0 Å². The Labute approximate surface area is 173 Å². The number of aryl methyl sites for hydroxylation is 1. The summed E-state index contributed by atoms with van der Waals surface area (Å²) >= 11 is 0. The van der Waals surface area contributed by atoms with E-state index < -0.39 is 11.7 Å². The van der Waals surface area contributed by atoms with Gasteiger partial charge < -0.3 is 25.2 Å². The van der Waals surface area contributed by atoms with Crippen LogP contribution in [0.25, 0.3) is 0 Å². The lowest BCUT2D eigenvalue weighted by Gasteiger charge is -2.43. The molecule has 0 bridgehead atoms. The van der Waals surface area contributed by atoms with E-state index in [9.17, 15) is 5.11 Å². The topological polar surface area (TPSA) is 62.8 Å². The third-order valence-corrected chi connectivity index (χ3v) is 5.97. The van der Waals surface area contributed by atoms with E-state index in [0.29, 0.717) is 6.04 Å². The fraction of sp³-hybridized carbons (Fsp3) is 0.500. The summed E-state index contributed by atoms with van der Waals surface area (Å²) in [7, 11) is 1.68. The Morgan fingerprint density at radius 3 is 2.55 bits per heavy atom. The summed E-state index contributed by atoms with van der Waals surface area (Å²) in [5.74, 6) is 1.75. The summed E-state index contributed by atoms with van der Waals surface area (Å²) in [6.07, 6.45) is 2.69. The van der Waals surface area contributed by atoms with Crippen LogP contribution < -0.4 is 20.1 Å². The first-order chi connectivity index (χ1) is 13.9. The number of fused-ring (bicyclic) bond motifs is 1. The summed E-state index contributed by atoms with van der Waals surface area (Å²) in [4.78, 5) is 0. The van der Waals surface area contributed by atoms with E-state index in [4.69, 9.17) is 9.47 Å². The van der Waals surface area contributed by atoms with Gasteiger partial charge in [-0.25, -0.2) is 0 Å². The lowest BCUT2D eigenvalue weighted by atomic mass is 9.85. The Bertz CT molecular complexity index is 859. The first kappa shape index (κ1) is 20.0. The number of aliphatic hydroxyl groups is 1. The summed E-state index contributed by atoms with van der Waals surface area (Å²) in [5, 5.41) is 18.1. The van der Waals surface area contributed by atoms with Gasteiger partial charge in [-0.2, -0.15) is 0 Å². The van der Waals surface area contributed by atoms with Gasteiger partial charge in [0.1, 0.15) is 23.2 Å². The van der Waals surface area contributed by atoms with Crippen molar-refractivity contribution < 1.29 is 14.6 Å². The molecule has 5 nitrogen and oxygen atoms in total. The molecule has 1 heterocycles. The van der Waals surface area contributed by atoms with Crippen LogP contribution in [0.4, 0.5) is 5.69 Å². The highest BCUT2D eigenvalue weighted by Gasteiger charge is 2.44. The van der Waals surface area contributed by atoms with Crippen molar-refractivity contribution in [3.05, 3.63) is 53.1 Å². The number of aliphatic hydroxyl groups excluding tert-OH is 1. The molecule has 0 saturated heterocycles. The summed E-state index contributed by atoms with van der Waals surface area (Å²) in [6.45, 7) is 6.85. The number of hydrogen-bond donors (Lipinski definition) is 3. The molecule has 1 aliphatic heterocycles. The molecule has 1 aliphatic carbocycles. The van der Waals surface area contributed by atoms with Crippen LogP contribution in [0, 0.1) is 6.92 Å². The molecule has 2 aromatic carbocycles. The number of rotatable bonds is 7. The van der Waals surface area contributed by atoms with Gasteiger partial charge in [-0.05, 0) is 75.4 Å². The van der Waals surface area contributed by atoms with Crippen LogP contribution in [-0.2, 0) is 6.42 Å². The van der Waals surface area contributed by atoms with E-state index in [-0.39, 0.29) is 6.04 Å². The van der Waals surface area contributed by atoms with Crippen molar-refractivity contribution in [1.82, 2.24) is 5.32 Å². The van der Waals surface area contributed by atoms with Gasteiger partial charge in [0, 0.05) is 23.8 Å². The van der Waals surface area contributed by atoms with Crippen LogP contribution in [0.5, 0.6) is 11.5 Å². The van der Waals surface area contributed by atoms with Crippen molar-refractivity contribution >= 4 is 5.69 Å². The van der Waals surface area contributed by atoms with Crippen LogP contribution in [0.3, 0.4) is 0 Å². The van der Waals surface area contributed by atoms with E-state index in [1.54, 1.807) is 7.11 Å². The van der Waals surface area contributed by atoms with Crippen molar-refractivity contribution in [1.29, 1.82) is 0 Å². The lowest BCUT2D eigenvalue weighted by molar-refractivity contribution is -0.0648. The summed E-state index contributed by atoms with van der Waals surface area (Å²) < 4.78 is 11.4. The highest BCUT2D eigenvalue weighted by atomic mass is 16.5. The van der Waals surface area contributed by atoms with Crippen LogP contribution >= 0.6 is 0 Å². The van der Waals surface area contributed by atoms with Crippen molar-refractivity contribution in [2.75, 3.05) is 19.0 Å². The van der Waals surface area contributed by atoms with Gasteiger partial charge in [0.25, 0.3) is 0 Å². The zero-order valence-electron chi connectivity index (χ0n) is 17.8. The first-order valence-electron chi connectivity index (χ1n) is 10.5. The minimum atomic E-state index is -0.616. The van der Waals surface area contributed by atoms with Gasteiger partial charge in [-0.15, -0.1) is 0 Å². The van der Waals surface area contributed by atoms with Crippen LogP contribution in [0.2, 0.25) is 0 Å². The van der Waals surface area contributed by atoms with Gasteiger partial charge in [0.05, 0.1) is 13.2 Å². The molecular weight excluding hydrogens is 364 g/mol. The Kier molecular flexibility index (Phi) is 5.45. The maximum Gasteiger partial charge on any atom is 0.131 e. The second-order valence-electron chi connectivity index (χ2n) is 8.80. The standard InChI is InChI=1S/C24H32N2O3/c1-15-13-21-19(22(26-17-7-8-17)23(27)24(2,3)29-21)14-20(15)25-12-11-16-5-9-18(28-4)10-6-16/h5-6,9-10,13-14,17,22-23,25-27H,7-8,11-12H2,1-4H3. The van der Waals surface area contributed by atoms with Gasteiger partial charge in [-0.3, -0.25) is 0 Å². The third kappa shape index (κ3) is 4.36. The Hall–Kier alpha value is -2.24. The second-order valence-corrected chi connectivity index (χ2v) is 8.80. The van der Waals surface area contributed by atoms with Crippen molar-refractivity contribution in [2.24, 2.45) is 0 Å². The van der Waals surface area contributed by atoms with Crippen molar-refractivity contribution in [3.8, 4) is 11.5 Å². The molecule has 1 fully saturated rings. The minimum absolute atomic E-state index is 0.107. The SMILES string of the molecule is COc1ccc(CCNc2cc3c(cc2C)OC(C)(C)C(O)C3NC2CC2)cc1. The minimum Gasteiger partial charge on any atom is -0.497 e. The van der Waals surface area contributed by atoms with Gasteiger partial charge in [0.2, 0.25) is 0 Å². The first-order valence-corrected chi connectivity index (χ1v) is 10.5. The number of benzene rings is 2. The van der Waals surface area contributed by atoms with E-state index in [0.717, 1.165) is 41.3 Å². The molecular formula is C24H32N2O3. The molecule has 2 atom stereocenters. The Balaban J connectivity index is 1.50. The highest BCUT2D eigenvalue weighted by molar-refractivity contribution is 5.59. The quantitative estimate of drug-likeness (QED) is 0.661. The van der Waals surface area contributed by atoms with E-state index in [1.807, 2.05) is 26.0 Å². The molecule has 2 unspecified atom stereocenters. The molecule has 0 spiro atoms. The van der Waals surface area contributed by atoms with Crippen LogP contribution in [0.15, 0.2) is 36.4 Å². The monoisotopic (exact) mass is 396 g/mol. The number of anilines is 1. The average Bonchev–Trinajstić information content (AvgIpc) is 3.51. The smallest absolute Gasteiger partial charge is 0.131 e. The largest absolute Gasteiger partial charge is 0.497 e. The average molecular weight is 397 g/mol. The molecule has 0 aromatic heterocycles. The molecule has 0 amide bonds. The molecule has 5 heteroatoms. The Morgan fingerprint density at radius 1 is 1.17 bits per heavy atom. The van der Waals surface area contributed by atoms with Gasteiger partial charge in [-0.1, -0.05) is 12.1 Å². The molecule has 2 aliphatic rings. The molecule has 156 valence electrons. The fourth-order valence-electron chi connectivity index (χ4n) is 3.95. The van der Waals surface area contributed by atoms with Crippen LogP contribution in [-0.4, -0.2) is 36.5 Å². The lowest BCUT2D eigenvalue weighted by Crippen LogP contribution is -2.53. The highest BCUT2D eigenvalue weighted by Crippen LogP contribution is 2.43. The van der Waals surface area contributed by atoms with Gasteiger partial charge >= 0.3 is 0 Å². The molecule has 29 heavy (non-hydrogen) atoms. The predicted molar refractivity (Wildman–Crippen MR) is 116 cm³/mol. The molecule has 0 radical (unpaired) electrons. The fourth-order valence-corrected chi connectivity index (χ4v) is 3.95. The van der Waals surface area contributed by atoms with E-state index in [2.05, 4.69) is 41.8 Å². The maximum absolute atomic E-state index is 10.9. The molecule has 3 N–H and O–H groups in total. The summed E-state index contributed by atoms with van der Waals surface area (Å²) in [5.41, 5.74) is 3.94. The molecule has 1 saturated carbocycles. The van der Waals surface area contributed by atoms with Gasteiger partial charge in [0.15, 0.2) is 0 Å². The number of hydrogen-bond acceptors (Lipinski definition) is 5. The normalized spacial score (nSPS) is 22.5. The third-order valence-electron chi connectivity index (χ3n) is 5.97. The zero-order valence-corrected chi connectivity index (χ0v) is 17.8. The van der Waals surface area contributed by atoms with Crippen LogP contribution in [0.1, 0.15) is 49.4 Å². The second kappa shape index (κ2) is 7.88. The Morgan fingerprint density at radius 2 is 1.90 bits per heavy atom. The van der Waals surface area contributed by atoms with E-state index in [1.165, 1.54) is 18.4 Å². The van der Waals surface area contributed by atoms with Crippen molar-refractivity contribution in [2.45, 2.75) is 63.8 Å². The maximum atomic E-state index is 10.9. The molecule has 4 rings (SSSR count). The summed E-state index contributed by atoms with van der Waals surface area (Å²) in [6, 6.07) is 12.8. The zero-order chi connectivity index (χ0) is 20.6. The van der Waals surface area contributed by atoms with E-state index >= 15 is 0 Å². The number of methoxy groups -OCH3 is 1. The predicted octanol–water partition coefficient (Wildman–Crippen LogP) is 3.98. The molecule has 2 aromatic rings.